The first-order chi connectivity index (χ1) is 14.4. The maximum absolute atomic E-state index is 14.4. The fraction of sp³-hybridized carbons (Fsp3) is 0.143. The molecule has 0 unspecified atom stereocenters. The van der Waals surface area contributed by atoms with Crippen molar-refractivity contribution in [3.05, 3.63) is 82.9 Å². The smallest absolute Gasteiger partial charge is 0.228 e. The van der Waals surface area contributed by atoms with Gasteiger partial charge < -0.3 is 5.32 Å². The Bertz CT molecular complexity index is 1200. The fourth-order valence-electron chi connectivity index (χ4n) is 3.23. The van der Waals surface area contributed by atoms with E-state index in [4.69, 9.17) is 11.6 Å². The Hall–Kier alpha value is -3.52. The summed E-state index contributed by atoms with van der Waals surface area (Å²) < 4.78 is 17.5. The van der Waals surface area contributed by atoms with Crippen LogP contribution in [0, 0.1) is 19.7 Å². The Balaban J connectivity index is 1.51. The molecule has 30 heavy (non-hydrogen) atoms. The topological polar surface area (TPSA) is 77.6 Å². The zero-order valence-electron chi connectivity index (χ0n) is 16.3. The molecule has 0 aliphatic carbocycles. The molecule has 9 heteroatoms. The van der Waals surface area contributed by atoms with Gasteiger partial charge in [0, 0.05) is 22.0 Å². The minimum atomic E-state index is -0.513. The zero-order chi connectivity index (χ0) is 21.3. The predicted molar refractivity (Wildman–Crippen MR) is 112 cm³/mol. The molecule has 152 valence electrons. The molecule has 7 nitrogen and oxygen atoms in total. The molecule has 0 saturated carbocycles. The number of hydrogen-bond acceptors (Lipinski definition) is 4. The van der Waals surface area contributed by atoms with Crippen LogP contribution < -0.4 is 5.32 Å². The quantitative estimate of drug-likeness (QED) is 0.524. The van der Waals surface area contributed by atoms with Crippen LogP contribution in [0.25, 0.3) is 11.4 Å². The fourth-order valence-corrected chi connectivity index (χ4v) is 3.36. The van der Waals surface area contributed by atoms with Crippen molar-refractivity contribution in [2.45, 2.75) is 20.3 Å². The molecule has 0 spiro atoms. The van der Waals surface area contributed by atoms with Gasteiger partial charge in [-0.25, -0.2) is 18.7 Å². The third-order valence-corrected chi connectivity index (χ3v) is 5.00. The van der Waals surface area contributed by atoms with Gasteiger partial charge in [0.25, 0.3) is 0 Å². The number of aromatic nitrogens is 5. The van der Waals surface area contributed by atoms with E-state index in [-0.39, 0.29) is 18.0 Å². The highest BCUT2D eigenvalue weighted by molar-refractivity contribution is 6.30. The van der Waals surface area contributed by atoms with E-state index in [2.05, 4.69) is 20.5 Å². The second kappa shape index (κ2) is 8.08. The number of carbonyl (C=O) groups is 1. The molecule has 0 bridgehead atoms. The van der Waals surface area contributed by atoms with E-state index in [0.29, 0.717) is 10.7 Å². The molecular weight excluding hydrogens is 407 g/mol. The number of halogens is 2. The summed E-state index contributed by atoms with van der Waals surface area (Å²) in [5.41, 5.74) is 3.91. The van der Waals surface area contributed by atoms with Crippen LogP contribution in [-0.4, -0.2) is 30.5 Å². The Morgan fingerprint density at radius 2 is 1.93 bits per heavy atom. The summed E-state index contributed by atoms with van der Waals surface area (Å²) in [5, 5.41) is 11.8. The minimum absolute atomic E-state index is 0.123. The van der Waals surface area contributed by atoms with E-state index >= 15 is 0 Å². The Morgan fingerprint density at radius 1 is 1.17 bits per heavy atom. The van der Waals surface area contributed by atoms with Gasteiger partial charge in [-0.2, -0.15) is 10.2 Å². The SMILES string of the molecule is Cc1nn(-c2ccc(Cl)cc2)c(C)c1CC(=O)Nc1ccc(-n2cncn2)c(F)c1. The highest BCUT2D eigenvalue weighted by atomic mass is 35.5. The second-order valence-corrected chi connectivity index (χ2v) is 7.21. The highest BCUT2D eigenvalue weighted by Gasteiger charge is 2.17. The first-order valence-electron chi connectivity index (χ1n) is 9.18. The number of carbonyl (C=O) groups excluding carboxylic acids is 1. The summed E-state index contributed by atoms with van der Waals surface area (Å²) in [7, 11) is 0. The number of hydrogen-bond donors (Lipinski definition) is 1. The Kier molecular flexibility index (Phi) is 5.33. The molecule has 1 amide bonds. The van der Waals surface area contributed by atoms with Gasteiger partial charge in [0.05, 0.1) is 17.8 Å². The van der Waals surface area contributed by atoms with Crippen molar-refractivity contribution in [3.63, 3.8) is 0 Å². The third kappa shape index (κ3) is 3.95. The summed E-state index contributed by atoms with van der Waals surface area (Å²) in [4.78, 5) is 16.4. The predicted octanol–water partition coefficient (Wildman–Crippen LogP) is 4.04. The van der Waals surface area contributed by atoms with Crippen LogP contribution >= 0.6 is 11.6 Å². The molecule has 2 aromatic carbocycles. The van der Waals surface area contributed by atoms with Gasteiger partial charge in [-0.1, -0.05) is 11.6 Å². The summed E-state index contributed by atoms with van der Waals surface area (Å²) in [6.45, 7) is 3.76. The number of aryl methyl sites for hydroxylation is 1. The number of nitrogens with zero attached hydrogens (tertiary/aromatic N) is 5. The molecule has 0 aliphatic rings. The second-order valence-electron chi connectivity index (χ2n) is 6.77. The zero-order valence-corrected chi connectivity index (χ0v) is 17.1. The van der Waals surface area contributed by atoms with Crippen molar-refractivity contribution in [2.24, 2.45) is 0 Å². The lowest BCUT2D eigenvalue weighted by atomic mass is 10.1. The van der Waals surface area contributed by atoms with E-state index < -0.39 is 5.82 Å². The molecule has 2 aromatic heterocycles. The molecule has 0 radical (unpaired) electrons. The van der Waals surface area contributed by atoms with E-state index in [9.17, 15) is 9.18 Å². The van der Waals surface area contributed by atoms with Crippen LogP contribution in [0.4, 0.5) is 10.1 Å². The van der Waals surface area contributed by atoms with E-state index in [1.165, 1.54) is 29.5 Å². The molecule has 0 saturated heterocycles. The number of rotatable bonds is 5. The standard InChI is InChI=1S/C21H18ClFN6O/c1-13-18(14(2)29(27-13)17-6-3-15(22)4-7-17)10-21(30)26-16-5-8-20(19(23)9-16)28-12-24-11-25-28/h3-9,11-12H,10H2,1-2H3,(H,26,30). The van der Waals surface area contributed by atoms with Crippen molar-refractivity contribution in [1.29, 1.82) is 0 Å². The number of nitrogens with one attached hydrogen (secondary N) is 1. The first-order valence-corrected chi connectivity index (χ1v) is 9.55. The number of amides is 1. The largest absolute Gasteiger partial charge is 0.326 e. The minimum Gasteiger partial charge on any atom is -0.326 e. The van der Waals surface area contributed by atoms with Gasteiger partial charge >= 0.3 is 0 Å². The van der Waals surface area contributed by atoms with Crippen molar-refractivity contribution in [3.8, 4) is 11.4 Å². The van der Waals surface area contributed by atoms with Crippen LogP contribution in [0.3, 0.4) is 0 Å². The van der Waals surface area contributed by atoms with Crippen LogP contribution in [0.2, 0.25) is 5.02 Å². The summed E-state index contributed by atoms with van der Waals surface area (Å²) in [5.74, 6) is -0.772. The maximum atomic E-state index is 14.4. The van der Waals surface area contributed by atoms with Crippen molar-refractivity contribution in [2.75, 3.05) is 5.32 Å². The summed E-state index contributed by atoms with van der Waals surface area (Å²) >= 11 is 5.95. The molecule has 0 fully saturated rings. The lowest BCUT2D eigenvalue weighted by Crippen LogP contribution is -2.15. The van der Waals surface area contributed by atoms with Gasteiger partial charge in [-0.15, -0.1) is 0 Å². The lowest BCUT2D eigenvalue weighted by Gasteiger charge is -2.09. The van der Waals surface area contributed by atoms with Gasteiger partial charge in [0.1, 0.15) is 18.3 Å². The van der Waals surface area contributed by atoms with Crippen molar-refractivity contribution in [1.82, 2.24) is 24.5 Å². The molecule has 1 N–H and O–H groups in total. The normalized spacial score (nSPS) is 10.9. The molecule has 0 aliphatic heterocycles. The van der Waals surface area contributed by atoms with Crippen molar-refractivity contribution < 1.29 is 9.18 Å². The van der Waals surface area contributed by atoms with Crippen LogP contribution in [0.1, 0.15) is 17.0 Å². The maximum Gasteiger partial charge on any atom is 0.228 e. The molecule has 4 rings (SSSR count). The first kappa shape index (κ1) is 19.8. The monoisotopic (exact) mass is 424 g/mol. The molecule has 4 aromatic rings. The lowest BCUT2D eigenvalue weighted by molar-refractivity contribution is -0.115. The van der Waals surface area contributed by atoms with Gasteiger partial charge in [-0.3, -0.25) is 4.79 Å². The van der Waals surface area contributed by atoms with Gasteiger partial charge in [-0.05, 0) is 56.3 Å². The Morgan fingerprint density at radius 3 is 2.60 bits per heavy atom. The van der Waals surface area contributed by atoms with Gasteiger partial charge in [0.15, 0.2) is 5.82 Å². The molecular formula is C21H18ClFN6O. The number of benzene rings is 2. The van der Waals surface area contributed by atoms with E-state index in [1.54, 1.807) is 22.9 Å². The summed E-state index contributed by atoms with van der Waals surface area (Å²) in [6, 6.07) is 11.7. The van der Waals surface area contributed by atoms with Crippen LogP contribution in [0.15, 0.2) is 55.1 Å². The Labute approximate surface area is 177 Å². The highest BCUT2D eigenvalue weighted by Crippen LogP contribution is 2.21. The average Bonchev–Trinajstić information content (AvgIpc) is 3.33. The van der Waals surface area contributed by atoms with E-state index in [1.807, 2.05) is 26.0 Å². The van der Waals surface area contributed by atoms with Crippen LogP contribution in [-0.2, 0) is 11.2 Å². The summed E-state index contributed by atoms with van der Waals surface area (Å²) in [6.07, 6.45) is 2.85. The van der Waals surface area contributed by atoms with E-state index in [0.717, 1.165) is 22.6 Å². The molecule has 2 heterocycles. The average molecular weight is 425 g/mol. The van der Waals surface area contributed by atoms with Crippen molar-refractivity contribution >= 4 is 23.2 Å². The van der Waals surface area contributed by atoms with Gasteiger partial charge in [0.2, 0.25) is 5.91 Å². The number of anilines is 1. The van der Waals surface area contributed by atoms with Crippen LogP contribution in [0.5, 0.6) is 0 Å². The third-order valence-electron chi connectivity index (χ3n) is 4.75. The molecule has 0 atom stereocenters.